The molecule has 2 heterocycles. The van der Waals surface area contributed by atoms with Gasteiger partial charge in [0.05, 0.1) is 47.7 Å². The van der Waals surface area contributed by atoms with Crippen LogP contribution in [0.4, 0.5) is 8.78 Å². The molecule has 0 radical (unpaired) electrons. The predicted molar refractivity (Wildman–Crippen MR) is 178 cm³/mol. The van der Waals surface area contributed by atoms with E-state index in [0.29, 0.717) is 34.9 Å². The van der Waals surface area contributed by atoms with Crippen molar-refractivity contribution in [1.82, 2.24) is 25.1 Å². The highest BCUT2D eigenvalue weighted by Gasteiger charge is 2.45. The van der Waals surface area contributed by atoms with E-state index in [9.17, 15) is 9.18 Å². The van der Waals surface area contributed by atoms with Gasteiger partial charge in [0.15, 0.2) is 6.79 Å². The molecular formula is C35H36F2N6O5S. The molecule has 0 unspecified atom stereocenters. The van der Waals surface area contributed by atoms with Crippen molar-refractivity contribution in [3.05, 3.63) is 124 Å². The number of aliphatic hydroxyl groups excluding tert-OH is 2. The Morgan fingerprint density at radius 2 is 1.86 bits per heavy atom. The van der Waals surface area contributed by atoms with Gasteiger partial charge in [0.1, 0.15) is 29.9 Å². The van der Waals surface area contributed by atoms with Gasteiger partial charge in [-0.05, 0) is 37.3 Å². The molecule has 0 saturated carbocycles. The molecule has 49 heavy (non-hydrogen) atoms. The maximum Gasteiger partial charge on any atom is 0.340 e. The lowest BCUT2D eigenvalue weighted by atomic mass is 9.81. The number of benzene rings is 3. The van der Waals surface area contributed by atoms with Gasteiger partial charge in [0.2, 0.25) is 0 Å². The number of nitrogens with one attached hydrogen (secondary N) is 1. The first kappa shape index (κ1) is 36.9. The lowest BCUT2D eigenvalue weighted by Crippen LogP contribution is -2.42. The highest BCUT2D eigenvalue weighted by molar-refractivity contribution is 7.10. The Hall–Kier alpha value is -4.91. The average molecular weight is 691 g/mol. The molecule has 5 rings (SSSR count). The van der Waals surface area contributed by atoms with Crippen LogP contribution in [0.2, 0.25) is 0 Å². The van der Waals surface area contributed by atoms with Crippen LogP contribution in [0.1, 0.15) is 44.9 Å². The minimum atomic E-state index is -1.56. The summed E-state index contributed by atoms with van der Waals surface area (Å²) < 4.78 is 42.9. The van der Waals surface area contributed by atoms with Crippen LogP contribution in [0.3, 0.4) is 0 Å². The standard InChI is InChI=1S/C31H25F2N5O3S.C4H11NO2/c1-20-4-3-5-24(12-20)30(39)40-19-41-31(16-38-18-35-17-36-38,26-11-10-25(32)13-27(26)33)21(2)29-37-28(15-42-29)23-8-6-22(14-34)7-9-23;6-3-1-5-2-4-7/h3-13,15,17-18,21H,16,19H2,1-2H3;5-7H,1-4H2/t21-,31+;/m0./s1. The molecule has 0 fully saturated rings. The summed E-state index contributed by atoms with van der Waals surface area (Å²) in [6.07, 6.45) is 2.79. The molecule has 0 amide bonds. The van der Waals surface area contributed by atoms with Crippen molar-refractivity contribution < 1.29 is 33.3 Å². The molecule has 0 aliphatic heterocycles. The van der Waals surface area contributed by atoms with E-state index >= 15 is 4.39 Å². The van der Waals surface area contributed by atoms with Crippen LogP contribution < -0.4 is 5.32 Å². The van der Waals surface area contributed by atoms with Crippen LogP contribution in [-0.4, -0.2) is 69.0 Å². The van der Waals surface area contributed by atoms with Gasteiger partial charge in [0, 0.05) is 41.6 Å². The molecule has 2 aromatic heterocycles. The number of aryl methyl sites for hydroxylation is 1. The molecular weight excluding hydrogens is 654 g/mol. The van der Waals surface area contributed by atoms with Gasteiger partial charge in [-0.3, -0.25) is 0 Å². The maximum absolute atomic E-state index is 15.6. The van der Waals surface area contributed by atoms with Crippen LogP contribution >= 0.6 is 11.3 Å². The van der Waals surface area contributed by atoms with E-state index < -0.39 is 35.9 Å². The summed E-state index contributed by atoms with van der Waals surface area (Å²) in [5.41, 5.74) is 1.68. The first-order valence-corrected chi connectivity index (χ1v) is 16.1. The molecule has 0 saturated heterocycles. The quantitative estimate of drug-likeness (QED) is 0.0828. The topological polar surface area (TPSA) is 155 Å². The summed E-state index contributed by atoms with van der Waals surface area (Å²) in [5.74, 6) is -2.84. The number of aliphatic hydroxyl groups is 2. The monoisotopic (exact) mass is 690 g/mol. The Kier molecular flexibility index (Phi) is 13.6. The van der Waals surface area contributed by atoms with Crippen LogP contribution in [0.5, 0.6) is 0 Å². The van der Waals surface area contributed by atoms with E-state index in [1.54, 1.807) is 42.5 Å². The normalized spacial score (nSPS) is 12.7. The number of esters is 1. The SMILES string of the molecule is Cc1cccc(C(=O)OCO[C@@](Cn2cncn2)(c2ccc(F)cc2F)[C@@H](C)c2nc(-c3ccc(C#N)cc3)cs2)c1.OCCNCCO. The van der Waals surface area contributed by atoms with Crippen LogP contribution in [0.15, 0.2) is 84.8 Å². The van der Waals surface area contributed by atoms with Crippen molar-refractivity contribution >= 4 is 17.3 Å². The van der Waals surface area contributed by atoms with Gasteiger partial charge in [-0.25, -0.2) is 28.2 Å². The summed E-state index contributed by atoms with van der Waals surface area (Å²) in [6, 6.07) is 19.2. The molecule has 11 nitrogen and oxygen atoms in total. The fraction of sp³-hybridized carbons (Fsp3) is 0.286. The van der Waals surface area contributed by atoms with E-state index in [4.69, 9.17) is 29.9 Å². The van der Waals surface area contributed by atoms with E-state index in [1.165, 1.54) is 34.7 Å². The zero-order valence-corrected chi connectivity index (χ0v) is 27.7. The van der Waals surface area contributed by atoms with Gasteiger partial charge in [0.25, 0.3) is 0 Å². The minimum Gasteiger partial charge on any atom is -0.435 e. The van der Waals surface area contributed by atoms with Crippen molar-refractivity contribution in [2.45, 2.75) is 31.9 Å². The highest BCUT2D eigenvalue weighted by atomic mass is 32.1. The molecule has 3 N–H and O–H groups in total. The number of nitriles is 1. The van der Waals surface area contributed by atoms with E-state index in [-0.39, 0.29) is 25.3 Å². The molecule has 2 atom stereocenters. The van der Waals surface area contributed by atoms with Crippen molar-refractivity contribution in [1.29, 1.82) is 5.26 Å². The fourth-order valence-electron chi connectivity index (χ4n) is 4.95. The van der Waals surface area contributed by atoms with Crippen molar-refractivity contribution in [3.8, 4) is 17.3 Å². The van der Waals surface area contributed by atoms with Crippen molar-refractivity contribution in [2.24, 2.45) is 0 Å². The van der Waals surface area contributed by atoms with Crippen molar-refractivity contribution in [3.63, 3.8) is 0 Å². The Bertz CT molecular complexity index is 1830. The minimum absolute atomic E-state index is 0.0358. The average Bonchev–Trinajstić information content (AvgIpc) is 3.81. The van der Waals surface area contributed by atoms with Gasteiger partial charge in [-0.2, -0.15) is 10.4 Å². The summed E-state index contributed by atoms with van der Waals surface area (Å²) in [6.45, 7) is 4.50. The third kappa shape index (κ3) is 9.82. The number of carbonyl (C=O) groups excluding carboxylic acids is 1. The Morgan fingerprint density at radius 3 is 2.49 bits per heavy atom. The summed E-state index contributed by atoms with van der Waals surface area (Å²) in [4.78, 5) is 21.6. The number of ether oxygens (including phenoxy) is 2. The zero-order valence-electron chi connectivity index (χ0n) is 26.9. The Labute approximate surface area is 286 Å². The lowest BCUT2D eigenvalue weighted by molar-refractivity contribution is -0.148. The third-order valence-electron chi connectivity index (χ3n) is 7.49. The first-order valence-electron chi connectivity index (χ1n) is 15.2. The van der Waals surface area contributed by atoms with Gasteiger partial charge in [-0.1, -0.05) is 42.8 Å². The second-order valence-corrected chi connectivity index (χ2v) is 11.7. The zero-order chi connectivity index (χ0) is 35.2. The molecule has 0 spiro atoms. The molecule has 0 aliphatic rings. The molecule has 0 bridgehead atoms. The second kappa shape index (κ2) is 18.0. The molecule has 3 aromatic carbocycles. The number of aromatic nitrogens is 4. The summed E-state index contributed by atoms with van der Waals surface area (Å²) >= 11 is 1.34. The number of halogens is 2. The lowest BCUT2D eigenvalue weighted by Gasteiger charge is -2.38. The van der Waals surface area contributed by atoms with Crippen LogP contribution in [0.25, 0.3) is 11.3 Å². The van der Waals surface area contributed by atoms with E-state index in [1.807, 2.05) is 25.3 Å². The number of nitrogens with zero attached hydrogens (tertiary/aromatic N) is 5. The van der Waals surface area contributed by atoms with Gasteiger partial charge >= 0.3 is 5.97 Å². The smallest absolute Gasteiger partial charge is 0.340 e. The van der Waals surface area contributed by atoms with Crippen LogP contribution in [-0.2, 0) is 21.6 Å². The summed E-state index contributed by atoms with van der Waals surface area (Å²) in [7, 11) is 0. The summed E-state index contributed by atoms with van der Waals surface area (Å²) in [5, 5.41) is 34.8. The third-order valence-corrected chi connectivity index (χ3v) is 8.52. The first-order chi connectivity index (χ1) is 23.7. The van der Waals surface area contributed by atoms with E-state index in [2.05, 4.69) is 21.5 Å². The number of rotatable bonds is 14. The number of thiazole rings is 1. The largest absolute Gasteiger partial charge is 0.435 e. The van der Waals surface area contributed by atoms with Crippen molar-refractivity contribution in [2.75, 3.05) is 33.1 Å². The molecule has 0 aliphatic carbocycles. The maximum atomic E-state index is 15.6. The number of carbonyl (C=O) groups is 1. The predicted octanol–water partition coefficient (Wildman–Crippen LogP) is 4.95. The van der Waals surface area contributed by atoms with Gasteiger partial charge in [-0.15, -0.1) is 11.3 Å². The Balaban J connectivity index is 0.000000698. The molecule has 14 heteroatoms. The van der Waals surface area contributed by atoms with Crippen LogP contribution in [0, 0.1) is 29.9 Å². The molecule has 5 aromatic rings. The molecule has 256 valence electrons. The van der Waals surface area contributed by atoms with E-state index in [0.717, 1.165) is 23.3 Å². The second-order valence-electron chi connectivity index (χ2n) is 10.8. The highest BCUT2D eigenvalue weighted by Crippen LogP contribution is 2.44. The number of hydrogen-bond acceptors (Lipinski definition) is 11. The fourth-order valence-corrected chi connectivity index (χ4v) is 5.92. The number of hydrogen-bond donors (Lipinski definition) is 3. The van der Waals surface area contributed by atoms with Gasteiger partial charge < -0.3 is 25.0 Å². The Morgan fingerprint density at radius 1 is 1.10 bits per heavy atom.